The monoisotopic (exact) mass is 381 g/mol. The van der Waals surface area contributed by atoms with E-state index >= 15 is 0 Å². The second kappa shape index (κ2) is 5.92. The second-order valence-corrected chi connectivity index (χ2v) is 8.23. The number of aryl methyl sites for hydroxylation is 1. The van der Waals surface area contributed by atoms with Gasteiger partial charge in [-0.3, -0.25) is 0 Å². The maximum atomic E-state index is 13.8. The molecule has 138 valence electrons. The molecule has 0 amide bonds. The highest BCUT2D eigenvalue weighted by Crippen LogP contribution is 2.34. The van der Waals surface area contributed by atoms with E-state index in [9.17, 15) is 4.39 Å². The van der Waals surface area contributed by atoms with E-state index in [0.29, 0.717) is 0 Å². The van der Waals surface area contributed by atoms with Gasteiger partial charge in [0.2, 0.25) is 0 Å². The Morgan fingerprint density at radius 2 is 2.07 bits per heavy atom. The first kappa shape index (κ1) is 16.5. The van der Waals surface area contributed by atoms with Crippen molar-refractivity contribution in [2.24, 2.45) is 7.05 Å². The van der Waals surface area contributed by atoms with Gasteiger partial charge in [-0.15, -0.1) is 0 Å². The highest BCUT2D eigenvalue weighted by molar-refractivity contribution is 7.22. The van der Waals surface area contributed by atoms with Crippen LogP contribution in [-0.4, -0.2) is 35.2 Å². The Hall–Kier alpha value is -2.67. The van der Waals surface area contributed by atoms with Crippen LogP contribution in [0.25, 0.3) is 21.3 Å². The van der Waals surface area contributed by atoms with Gasteiger partial charge in [0, 0.05) is 63.0 Å². The summed E-state index contributed by atoms with van der Waals surface area (Å²) in [6, 6.07) is 8.08. The third-order valence-corrected chi connectivity index (χ3v) is 6.51. The smallest absolute Gasteiger partial charge is 0.185 e. The van der Waals surface area contributed by atoms with Gasteiger partial charge in [0.05, 0.1) is 16.4 Å². The number of anilines is 2. The van der Waals surface area contributed by atoms with E-state index in [1.165, 1.54) is 22.2 Å². The van der Waals surface area contributed by atoms with Crippen molar-refractivity contribution in [2.75, 3.05) is 30.4 Å². The molecule has 0 atom stereocenters. The summed E-state index contributed by atoms with van der Waals surface area (Å²) in [5.41, 5.74) is 5.47. The zero-order valence-electron chi connectivity index (χ0n) is 15.5. The number of thiazole rings is 1. The normalized spacial score (nSPS) is 14.1. The summed E-state index contributed by atoms with van der Waals surface area (Å²) < 4.78 is 17.1. The lowest BCUT2D eigenvalue weighted by Crippen LogP contribution is -2.30. The molecule has 4 aromatic rings. The first-order chi connectivity index (χ1) is 13.0. The molecule has 5 rings (SSSR count). The van der Waals surface area contributed by atoms with Gasteiger partial charge in [0.1, 0.15) is 11.5 Å². The van der Waals surface area contributed by atoms with Crippen molar-refractivity contribution in [3.8, 4) is 0 Å². The van der Waals surface area contributed by atoms with Gasteiger partial charge in [0.25, 0.3) is 0 Å². The Labute approximate surface area is 160 Å². The first-order valence-corrected chi connectivity index (χ1v) is 9.77. The van der Waals surface area contributed by atoms with Crippen LogP contribution in [0, 0.1) is 5.82 Å². The van der Waals surface area contributed by atoms with E-state index in [0.717, 1.165) is 46.9 Å². The zero-order valence-corrected chi connectivity index (χ0v) is 16.3. The van der Waals surface area contributed by atoms with Crippen LogP contribution < -0.4 is 9.80 Å². The SMILES string of the molecule is CN(C)c1nc2cc(N3CCc4c(c5cc(F)cnc5n4C)C3)ccc2s1. The molecule has 1 aliphatic rings. The van der Waals surface area contributed by atoms with Gasteiger partial charge in [0.15, 0.2) is 5.13 Å². The quantitative estimate of drug-likeness (QED) is 0.527. The fourth-order valence-corrected chi connectivity index (χ4v) is 4.79. The van der Waals surface area contributed by atoms with Crippen molar-refractivity contribution >= 4 is 43.4 Å². The summed E-state index contributed by atoms with van der Waals surface area (Å²) in [6.45, 7) is 1.68. The molecule has 0 bridgehead atoms. The third-order valence-electron chi connectivity index (χ3n) is 5.30. The summed E-state index contributed by atoms with van der Waals surface area (Å²) in [5, 5.41) is 1.93. The lowest BCUT2D eigenvalue weighted by molar-refractivity contribution is 0.623. The molecule has 0 saturated carbocycles. The minimum absolute atomic E-state index is 0.284. The molecule has 1 aromatic carbocycles. The minimum atomic E-state index is -0.284. The Kier molecular flexibility index (Phi) is 3.62. The highest BCUT2D eigenvalue weighted by Gasteiger charge is 2.24. The molecule has 5 nitrogen and oxygen atoms in total. The molecule has 0 spiro atoms. The number of pyridine rings is 1. The molecule has 0 radical (unpaired) electrons. The highest BCUT2D eigenvalue weighted by atomic mass is 32.1. The van der Waals surface area contributed by atoms with E-state index in [-0.39, 0.29) is 5.82 Å². The van der Waals surface area contributed by atoms with Gasteiger partial charge >= 0.3 is 0 Å². The number of halogens is 1. The topological polar surface area (TPSA) is 37.2 Å². The molecular weight excluding hydrogens is 361 g/mol. The summed E-state index contributed by atoms with van der Waals surface area (Å²) in [6.07, 6.45) is 2.21. The fourth-order valence-electron chi connectivity index (χ4n) is 3.92. The van der Waals surface area contributed by atoms with Crippen LogP contribution >= 0.6 is 11.3 Å². The molecule has 27 heavy (non-hydrogen) atoms. The number of benzene rings is 1. The number of hydrogen-bond donors (Lipinski definition) is 0. The lowest BCUT2D eigenvalue weighted by atomic mass is 10.0. The molecular formula is C20H20FN5S. The van der Waals surface area contributed by atoms with Crippen molar-refractivity contribution in [3.05, 3.63) is 47.5 Å². The van der Waals surface area contributed by atoms with Crippen LogP contribution in [0.1, 0.15) is 11.3 Å². The van der Waals surface area contributed by atoms with Crippen molar-refractivity contribution in [1.82, 2.24) is 14.5 Å². The van der Waals surface area contributed by atoms with Crippen LogP contribution in [0.3, 0.4) is 0 Å². The van der Waals surface area contributed by atoms with E-state index in [2.05, 4.69) is 32.7 Å². The second-order valence-electron chi connectivity index (χ2n) is 7.22. The van der Waals surface area contributed by atoms with Crippen molar-refractivity contribution in [2.45, 2.75) is 13.0 Å². The lowest BCUT2D eigenvalue weighted by Gasteiger charge is -2.29. The standard InChI is InChI=1S/C20H20FN5S/c1-24(2)20-23-16-9-13(4-5-18(16)27-20)26-7-6-17-15(11-26)14-8-12(21)10-22-19(14)25(17)3/h4-5,8-10H,6-7,11H2,1-3H3. The number of hydrogen-bond acceptors (Lipinski definition) is 5. The van der Waals surface area contributed by atoms with Crippen LogP contribution in [-0.2, 0) is 20.0 Å². The Morgan fingerprint density at radius 3 is 2.89 bits per heavy atom. The predicted molar refractivity (Wildman–Crippen MR) is 109 cm³/mol. The maximum absolute atomic E-state index is 13.8. The van der Waals surface area contributed by atoms with Gasteiger partial charge in [-0.2, -0.15) is 0 Å². The van der Waals surface area contributed by atoms with Crippen molar-refractivity contribution in [3.63, 3.8) is 0 Å². The summed E-state index contributed by atoms with van der Waals surface area (Å²) in [5.74, 6) is -0.284. The molecule has 0 unspecified atom stereocenters. The van der Waals surface area contributed by atoms with E-state index < -0.39 is 0 Å². The summed E-state index contributed by atoms with van der Waals surface area (Å²) >= 11 is 1.70. The van der Waals surface area contributed by atoms with Gasteiger partial charge < -0.3 is 14.4 Å². The zero-order chi connectivity index (χ0) is 18.7. The Balaban J connectivity index is 1.55. The third kappa shape index (κ3) is 2.56. The molecule has 0 aliphatic carbocycles. The maximum Gasteiger partial charge on any atom is 0.185 e. The fraction of sp³-hybridized carbons (Fsp3) is 0.300. The van der Waals surface area contributed by atoms with Crippen molar-refractivity contribution < 1.29 is 4.39 Å². The molecule has 0 saturated heterocycles. The molecule has 1 aliphatic heterocycles. The van der Waals surface area contributed by atoms with Crippen molar-refractivity contribution in [1.29, 1.82) is 0 Å². The van der Waals surface area contributed by atoms with Gasteiger partial charge in [-0.05, 0) is 24.3 Å². The largest absolute Gasteiger partial charge is 0.367 e. The van der Waals surface area contributed by atoms with Gasteiger partial charge in [-0.25, -0.2) is 14.4 Å². The Bertz CT molecular complexity index is 1180. The van der Waals surface area contributed by atoms with Crippen LogP contribution in [0.4, 0.5) is 15.2 Å². The first-order valence-electron chi connectivity index (χ1n) is 8.96. The number of fused-ring (bicyclic) bond motifs is 4. The number of nitrogens with zero attached hydrogens (tertiary/aromatic N) is 5. The Morgan fingerprint density at radius 1 is 1.22 bits per heavy atom. The molecule has 4 heterocycles. The average molecular weight is 381 g/mol. The molecule has 0 N–H and O–H groups in total. The van der Waals surface area contributed by atoms with E-state index in [4.69, 9.17) is 4.98 Å². The van der Waals surface area contributed by atoms with Crippen LogP contribution in [0.15, 0.2) is 30.5 Å². The minimum Gasteiger partial charge on any atom is -0.367 e. The number of aromatic nitrogens is 3. The molecule has 7 heteroatoms. The summed E-state index contributed by atoms with van der Waals surface area (Å²) in [4.78, 5) is 13.4. The summed E-state index contributed by atoms with van der Waals surface area (Å²) in [7, 11) is 6.04. The van der Waals surface area contributed by atoms with Crippen LogP contribution in [0.2, 0.25) is 0 Å². The van der Waals surface area contributed by atoms with E-state index in [1.54, 1.807) is 17.4 Å². The predicted octanol–water partition coefficient (Wildman–Crippen LogP) is 3.95. The average Bonchev–Trinajstić information content (AvgIpc) is 3.21. The van der Waals surface area contributed by atoms with E-state index in [1.807, 2.05) is 26.0 Å². The number of rotatable bonds is 2. The molecule has 3 aromatic heterocycles. The van der Waals surface area contributed by atoms with Gasteiger partial charge in [-0.1, -0.05) is 11.3 Å². The van der Waals surface area contributed by atoms with Crippen LogP contribution in [0.5, 0.6) is 0 Å². The molecule has 0 fully saturated rings.